The maximum atomic E-state index is 13.5. The molecule has 3 nitrogen and oxygen atoms in total. The van der Waals surface area contributed by atoms with Crippen LogP contribution in [0.4, 0.5) is 4.39 Å². The fraction of sp³-hybridized carbons (Fsp3) is 0.500. The Balaban J connectivity index is 1.99. The lowest BCUT2D eigenvalue weighted by molar-refractivity contribution is 0.0933. The summed E-state index contributed by atoms with van der Waals surface area (Å²) in [7, 11) is 0. The highest BCUT2D eigenvalue weighted by atomic mass is 35.5. The summed E-state index contributed by atoms with van der Waals surface area (Å²) in [6, 6.07) is 3.94. The van der Waals surface area contributed by atoms with Crippen molar-refractivity contribution in [3.63, 3.8) is 0 Å². The molecular formula is C14H18ClFN2O. The Kier molecular flexibility index (Phi) is 4.42. The molecule has 0 radical (unpaired) electrons. The van der Waals surface area contributed by atoms with Crippen molar-refractivity contribution in [3.05, 3.63) is 34.6 Å². The molecule has 0 aliphatic heterocycles. The molecule has 0 bridgehead atoms. The van der Waals surface area contributed by atoms with Crippen LogP contribution in [0.25, 0.3) is 0 Å². The topological polar surface area (TPSA) is 55.1 Å². The van der Waals surface area contributed by atoms with Crippen molar-refractivity contribution in [2.75, 3.05) is 6.54 Å². The summed E-state index contributed by atoms with van der Waals surface area (Å²) >= 11 is 5.77. The maximum Gasteiger partial charge on any atom is 0.254 e. The zero-order valence-corrected chi connectivity index (χ0v) is 11.5. The largest absolute Gasteiger partial charge is 0.350 e. The van der Waals surface area contributed by atoms with E-state index in [2.05, 4.69) is 5.32 Å². The SMILES string of the molecule is NC1(CNC(=O)c2cc(Cl)ccc2F)CCCCC1. The van der Waals surface area contributed by atoms with E-state index in [0.717, 1.165) is 25.7 Å². The second-order valence-electron chi connectivity index (χ2n) is 5.23. The van der Waals surface area contributed by atoms with Crippen LogP contribution in [0.1, 0.15) is 42.5 Å². The minimum Gasteiger partial charge on any atom is -0.350 e. The minimum absolute atomic E-state index is 0.0353. The first-order valence-electron chi connectivity index (χ1n) is 6.52. The molecule has 1 fully saturated rings. The van der Waals surface area contributed by atoms with E-state index in [4.69, 9.17) is 17.3 Å². The van der Waals surface area contributed by atoms with E-state index in [1.165, 1.54) is 24.6 Å². The molecule has 1 aromatic carbocycles. The Morgan fingerprint density at radius 1 is 1.37 bits per heavy atom. The molecule has 3 N–H and O–H groups in total. The van der Waals surface area contributed by atoms with E-state index in [1.54, 1.807) is 0 Å². The Labute approximate surface area is 117 Å². The molecule has 1 aliphatic rings. The molecule has 0 atom stereocenters. The molecule has 104 valence electrons. The van der Waals surface area contributed by atoms with Gasteiger partial charge in [0.2, 0.25) is 0 Å². The highest BCUT2D eigenvalue weighted by Crippen LogP contribution is 2.25. The fourth-order valence-corrected chi connectivity index (χ4v) is 2.63. The highest BCUT2D eigenvalue weighted by molar-refractivity contribution is 6.30. The zero-order chi connectivity index (χ0) is 13.9. The number of rotatable bonds is 3. The van der Waals surface area contributed by atoms with Crippen LogP contribution < -0.4 is 11.1 Å². The van der Waals surface area contributed by atoms with Gasteiger partial charge in [-0.05, 0) is 31.0 Å². The van der Waals surface area contributed by atoms with Crippen molar-refractivity contribution in [1.82, 2.24) is 5.32 Å². The van der Waals surface area contributed by atoms with E-state index in [-0.39, 0.29) is 11.1 Å². The van der Waals surface area contributed by atoms with Crippen LogP contribution in [-0.2, 0) is 0 Å². The van der Waals surface area contributed by atoms with Crippen molar-refractivity contribution in [3.8, 4) is 0 Å². The highest BCUT2D eigenvalue weighted by Gasteiger charge is 2.28. The van der Waals surface area contributed by atoms with Crippen molar-refractivity contribution >= 4 is 17.5 Å². The van der Waals surface area contributed by atoms with Gasteiger partial charge in [-0.2, -0.15) is 0 Å². The van der Waals surface area contributed by atoms with E-state index in [0.29, 0.717) is 11.6 Å². The van der Waals surface area contributed by atoms with Gasteiger partial charge in [0.05, 0.1) is 5.56 Å². The number of benzene rings is 1. The van der Waals surface area contributed by atoms with Crippen LogP contribution in [0.2, 0.25) is 5.02 Å². The predicted octanol–water partition coefficient (Wildman–Crippen LogP) is 2.87. The second-order valence-corrected chi connectivity index (χ2v) is 5.67. The third kappa shape index (κ3) is 3.67. The maximum absolute atomic E-state index is 13.5. The second kappa shape index (κ2) is 5.88. The van der Waals surface area contributed by atoms with Crippen LogP contribution in [0, 0.1) is 5.82 Å². The molecule has 19 heavy (non-hydrogen) atoms. The van der Waals surface area contributed by atoms with Gasteiger partial charge in [-0.25, -0.2) is 4.39 Å². The monoisotopic (exact) mass is 284 g/mol. The molecule has 1 aromatic rings. The summed E-state index contributed by atoms with van der Waals surface area (Å²) in [6.07, 6.45) is 5.14. The fourth-order valence-electron chi connectivity index (χ4n) is 2.46. The number of nitrogens with one attached hydrogen (secondary N) is 1. The van der Waals surface area contributed by atoms with Gasteiger partial charge in [0.25, 0.3) is 5.91 Å². The lowest BCUT2D eigenvalue weighted by Gasteiger charge is -2.33. The molecule has 2 rings (SSSR count). The van der Waals surface area contributed by atoms with Gasteiger partial charge in [-0.15, -0.1) is 0 Å². The molecule has 0 saturated heterocycles. The number of amides is 1. The van der Waals surface area contributed by atoms with Crippen LogP contribution in [0.3, 0.4) is 0 Å². The van der Waals surface area contributed by atoms with Crippen LogP contribution in [0.5, 0.6) is 0 Å². The number of carbonyl (C=O) groups excluding carboxylic acids is 1. The van der Waals surface area contributed by atoms with Crippen molar-refractivity contribution < 1.29 is 9.18 Å². The van der Waals surface area contributed by atoms with Crippen LogP contribution >= 0.6 is 11.6 Å². The molecule has 5 heteroatoms. The van der Waals surface area contributed by atoms with Crippen molar-refractivity contribution in [1.29, 1.82) is 0 Å². The number of hydrogen-bond donors (Lipinski definition) is 2. The Bertz CT molecular complexity index is 473. The van der Waals surface area contributed by atoms with E-state index in [9.17, 15) is 9.18 Å². The number of carbonyl (C=O) groups is 1. The number of hydrogen-bond acceptors (Lipinski definition) is 2. The Morgan fingerprint density at radius 2 is 2.05 bits per heavy atom. The van der Waals surface area contributed by atoms with Gasteiger partial charge in [0.15, 0.2) is 0 Å². The normalized spacial score (nSPS) is 18.1. The van der Waals surface area contributed by atoms with Gasteiger partial charge in [-0.1, -0.05) is 30.9 Å². The lowest BCUT2D eigenvalue weighted by Crippen LogP contribution is -2.51. The molecule has 0 unspecified atom stereocenters. The van der Waals surface area contributed by atoms with E-state index in [1.807, 2.05) is 0 Å². The van der Waals surface area contributed by atoms with E-state index < -0.39 is 11.7 Å². The Morgan fingerprint density at radius 3 is 2.74 bits per heavy atom. The summed E-state index contributed by atoms with van der Waals surface area (Å²) in [5, 5.41) is 3.05. The van der Waals surface area contributed by atoms with Gasteiger partial charge < -0.3 is 11.1 Å². The average molecular weight is 285 g/mol. The third-order valence-corrected chi connectivity index (χ3v) is 3.86. The van der Waals surface area contributed by atoms with Gasteiger partial charge in [0.1, 0.15) is 5.82 Å². The Hall–Kier alpha value is -1.13. The van der Waals surface area contributed by atoms with Gasteiger partial charge >= 0.3 is 0 Å². The number of halogens is 2. The third-order valence-electron chi connectivity index (χ3n) is 3.62. The smallest absolute Gasteiger partial charge is 0.254 e. The van der Waals surface area contributed by atoms with Crippen LogP contribution in [0.15, 0.2) is 18.2 Å². The van der Waals surface area contributed by atoms with Crippen molar-refractivity contribution in [2.45, 2.75) is 37.6 Å². The first kappa shape index (κ1) is 14.3. The molecule has 0 aromatic heterocycles. The molecule has 1 aliphatic carbocycles. The summed E-state index contributed by atoms with van der Waals surface area (Å²) in [5.41, 5.74) is 5.83. The summed E-state index contributed by atoms with van der Waals surface area (Å²) in [5.74, 6) is -1.04. The quantitative estimate of drug-likeness (QED) is 0.897. The summed E-state index contributed by atoms with van der Waals surface area (Å²) in [6.45, 7) is 0.373. The standard InChI is InChI=1S/C14H18ClFN2O/c15-10-4-5-12(16)11(8-10)13(19)18-9-14(17)6-2-1-3-7-14/h4-5,8H,1-3,6-7,9,17H2,(H,18,19). The summed E-state index contributed by atoms with van der Waals surface area (Å²) < 4.78 is 13.5. The molecule has 0 spiro atoms. The van der Waals surface area contributed by atoms with Gasteiger partial charge in [0, 0.05) is 17.1 Å². The zero-order valence-electron chi connectivity index (χ0n) is 10.7. The first-order chi connectivity index (χ1) is 9.00. The molecule has 0 heterocycles. The average Bonchev–Trinajstić information content (AvgIpc) is 2.40. The number of nitrogens with two attached hydrogens (primary N) is 1. The van der Waals surface area contributed by atoms with Crippen molar-refractivity contribution in [2.24, 2.45) is 5.73 Å². The summed E-state index contributed by atoms with van der Waals surface area (Å²) in [4.78, 5) is 11.9. The van der Waals surface area contributed by atoms with Gasteiger partial charge in [-0.3, -0.25) is 4.79 Å². The minimum atomic E-state index is -0.573. The van der Waals surface area contributed by atoms with Crippen LogP contribution in [-0.4, -0.2) is 18.0 Å². The first-order valence-corrected chi connectivity index (χ1v) is 6.90. The lowest BCUT2D eigenvalue weighted by atomic mass is 9.82. The van der Waals surface area contributed by atoms with E-state index >= 15 is 0 Å². The molecule has 1 saturated carbocycles. The molecule has 1 amide bonds. The predicted molar refractivity (Wildman–Crippen MR) is 73.7 cm³/mol. The molecular weight excluding hydrogens is 267 g/mol.